The summed E-state index contributed by atoms with van der Waals surface area (Å²) in [5.41, 5.74) is 0.871. The van der Waals surface area contributed by atoms with Crippen molar-refractivity contribution in [1.29, 1.82) is 0 Å². The Balaban J connectivity index is 1.78. The number of carbonyl (C=O) groups excluding carboxylic acids is 1. The minimum Gasteiger partial charge on any atom is -0.481 e. The van der Waals surface area contributed by atoms with Gasteiger partial charge in [0.2, 0.25) is 0 Å². The lowest BCUT2D eigenvalue weighted by atomic mass is 10.1. The van der Waals surface area contributed by atoms with Gasteiger partial charge in [-0.15, -0.1) is 11.3 Å². The van der Waals surface area contributed by atoms with Gasteiger partial charge in [-0.2, -0.15) is 0 Å². The van der Waals surface area contributed by atoms with E-state index in [2.05, 4.69) is 4.98 Å². The molecular weight excluding hydrogens is 362 g/mol. The second-order valence-electron chi connectivity index (χ2n) is 5.67. The van der Waals surface area contributed by atoms with E-state index in [1.54, 1.807) is 17.5 Å². The van der Waals surface area contributed by atoms with E-state index < -0.39 is 16.9 Å². The highest BCUT2D eigenvalue weighted by atomic mass is 32.1. The van der Waals surface area contributed by atoms with E-state index in [-0.39, 0.29) is 30.3 Å². The van der Waals surface area contributed by atoms with Crippen molar-refractivity contribution in [1.82, 2.24) is 9.88 Å². The number of aromatic nitrogens is 1. The Hall–Kier alpha value is -2.85. The first-order chi connectivity index (χ1) is 12.5. The highest BCUT2D eigenvalue weighted by molar-refractivity contribution is 7.13. The molecule has 1 amide bonds. The Morgan fingerprint density at radius 2 is 2.12 bits per heavy atom. The van der Waals surface area contributed by atoms with Crippen molar-refractivity contribution in [2.75, 3.05) is 19.8 Å². The van der Waals surface area contributed by atoms with Crippen molar-refractivity contribution in [3.8, 4) is 10.6 Å². The first-order valence-electron chi connectivity index (χ1n) is 7.76. The van der Waals surface area contributed by atoms with Crippen molar-refractivity contribution in [2.45, 2.75) is 12.5 Å². The average molecular weight is 377 g/mol. The Morgan fingerprint density at radius 3 is 2.77 bits per heavy atom. The third-order valence-electron chi connectivity index (χ3n) is 3.95. The van der Waals surface area contributed by atoms with Gasteiger partial charge in [0.25, 0.3) is 11.6 Å². The fourth-order valence-electron chi connectivity index (χ4n) is 2.67. The summed E-state index contributed by atoms with van der Waals surface area (Å²) in [5.74, 6) is -1.34. The number of nitro groups is 1. The highest BCUT2D eigenvalue weighted by Crippen LogP contribution is 2.27. The molecule has 0 spiro atoms. The molecule has 2 heterocycles. The predicted molar refractivity (Wildman–Crippen MR) is 92.1 cm³/mol. The number of benzene rings is 1. The van der Waals surface area contributed by atoms with Crippen molar-refractivity contribution in [3.05, 3.63) is 45.5 Å². The lowest BCUT2D eigenvalue weighted by Crippen LogP contribution is -2.49. The van der Waals surface area contributed by atoms with E-state index in [1.165, 1.54) is 28.4 Å². The molecule has 0 bridgehead atoms. The molecule has 1 aliphatic rings. The molecule has 0 aliphatic carbocycles. The molecule has 1 unspecified atom stereocenters. The number of rotatable bonds is 5. The van der Waals surface area contributed by atoms with Crippen LogP contribution in [0.25, 0.3) is 10.6 Å². The molecule has 1 N–H and O–H groups in total. The van der Waals surface area contributed by atoms with Crippen molar-refractivity contribution in [3.63, 3.8) is 0 Å². The molecule has 1 aromatic carbocycles. The summed E-state index contributed by atoms with van der Waals surface area (Å²) in [6.45, 7) is 0.833. The summed E-state index contributed by atoms with van der Waals surface area (Å²) >= 11 is 1.25. The number of hydrogen-bond donors (Lipinski definition) is 1. The molecule has 3 rings (SSSR count). The van der Waals surface area contributed by atoms with Gasteiger partial charge in [0.15, 0.2) is 0 Å². The maximum absolute atomic E-state index is 12.7. The van der Waals surface area contributed by atoms with Crippen LogP contribution in [0.3, 0.4) is 0 Å². The minimum absolute atomic E-state index is 0.0218. The molecule has 10 heteroatoms. The molecular formula is C16H15N3O6S. The zero-order chi connectivity index (χ0) is 18.7. The van der Waals surface area contributed by atoms with Crippen LogP contribution in [0, 0.1) is 10.1 Å². The van der Waals surface area contributed by atoms with Crippen LogP contribution in [0.5, 0.6) is 0 Å². The van der Waals surface area contributed by atoms with Crippen molar-refractivity contribution in [2.24, 2.45) is 0 Å². The molecule has 1 aromatic heterocycles. The second kappa shape index (κ2) is 7.58. The Bertz CT molecular complexity index is 835. The maximum Gasteiger partial charge on any atom is 0.305 e. The van der Waals surface area contributed by atoms with Crippen LogP contribution in [0.2, 0.25) is 0 Å². The SMILES string of the molecule is O=C(O)CC1COCCN1C(=O)c1csc(-c2ccc([N+](=O)[O-])cc2)n1. The van der Waals surface area contributed by atoms with Crippen LogP contribution in [-0.2, 0) is 9.53 Å². The van der Waals surface area contributed by atoms with E-state index in [1.807, 2.05) is 0 Å². The normalized spacial score (nSPS) is 17.1. The number of carboxylic acid groups (broad SMARTS) is 1. The van der Waals surface area contributed by atoms with Crippen LogP contribution in [-0.4, -0.2) is 57.6 Å². The quantitative estimate of drug-likeness (QED) is 0.625. The third kappa shape index (κ3) is 3.86. The van der Waals surface area contributed by atoms with E-state index in [9.17, 15) is 19.7 Å². The number of aliphatic carboxylic acids is 1. The lowest BCUT2D eigenvalue weighted by Gasteiger charge is -2.34. The van der Waals surface area contributed by atoms with Gasteiger partial charge in [0.1, 0.15) is 10.7 Å². The molecule has 0 radical (unpaired) electrons. The van der Waals surface area contributed by atoms with Crippen molar-refractivity contribution < 1.29 is 24.4 Å². The molecule has 9 nitrogen and oxygen atoms in total. The largest absolute Gasteiger partial charge is 0.481 e. The number of nitrogens with zero attached hydrogens (tertiary/aromatic N) is 3. The monoisotopic (exact) mass is 377 g/mol. The summed E-state index contributed by atoms with van der Waals surface area (Å²) in [4.78, 5) is 39.7. The number of carboxylic acids is 1. The summed E-state index contributed by atoms with van der Waals surface area (Å²) in [6, 6.07) is 5.38. The number of amides is 1. The number of non-ortho nitro benzene ring substituents is 1. The van der Waals surface area contributed by atoms with Crippen LogP contribution >= 0.6 is 11.3 Å². The van der Waals surface area contributed by atoms with E-state index in [0.29, 0.717) is 23.7 Å². The van der Waals surface area contributed by atoms with Gasteiger partial charge < -0.3 is 14.7 Å². The number of nitro benzene ring substituents is 1. The second-order valence-corrected chi connectivity index (χ2v) is 6.53. The molecule has 2 aromatic rings. The molecule has 26 heavy (non-hydrogen) atoms. The number of thiazole rings is 1. The molecule has 1 fully saturated rings. The third-order valence-corrected chi connectivity index (χ3v) is 4.84. The van der Waals surface area contributed by atoms with E-state index in [0.717, 1.165) is 0 Å². The van der Waals surface area contributed by atoms with Gasteiger partial charge in [0.05, 0.1) is 30.6 Å². The van der Waals surface area contributed by atoms with Crippen molar-refractivity contribution >= 4 is 28.9 Å². The van der Waals surface area contributed by atoms with Gasteiger partial charge in [-0.1, -0.05) is 0 Å². The number of morpholine rings is 1. The first kappa shape index (κ1) is 18.0. The van der Waals surface area contributed by atoms with E-state index in [4.69, 9.17) is 9.84 Å². The lowest BCUT2D eigenvalue weighted by molar-refractivity contribution is -0.384. The highest BCUT2D eigenvalue weighted by Gasteiger charge is 2.31. The molecule has 136 valence electrons. The standard InChI is InChI=1S/C16H15N3O6S/c20-14(21)7-12-8-25-6-5-18(12)16(22)13-9-26-15(17-13)10-1-3-11(4-2-10)19(23)24/h1-4,9,12H,5-8H2,(H,20,21). The molecule has 1 atom stereocenters. The number of ether oxygens (including phenoxy) is 1. The van der Waals surface area contributed by atoms with Gasteiger partial charge >= 0.3 is 5.97 Å². The first-order valence-corrected chi connectivity index (χ1v) is 8.64. The fourth-order valence-corrected chi connectivity index (χ4v) is 3.47. The van der Waals surface area contributed by atoms with Crippen LogP contribution < -0.4 is 0 Å². The molecule has 1 aliphatic heterocycles. The van der Waals surface area contributed by atoms with Gasteiger partial charge in [-0.05, 0) is 12.1 Å². The topological polar surface area (TPSA) is 123 Å². The maximum atomic E-state index is 12.7. The zero-order valence-electron chi connectivity index (χ0n) is 13.5. The molecule has 0 saturated carbocycles. The van der Waals surface area contributed by atoms with Gasteiger partial charge in [-0.3, -0.25) is 19.7 Å². The Morgan fingerprint density at radius 1 is 1.38 bits per heavy atom. The van der Waals surface area contributed by atoms with Crippen LogP contribution in [0.4, 0.5) is 5.69 Å². The Kier molecular flexibility index (Phi) is 5.24. The van der Waals surface area contributed by atoms with Crippen LogP contribution in [0.15, 0.2) is 29.6 Å². The van der Waals surface area contributed by atoms with Crippen LogP contribution in [0.1, 0.15) is 16.9 Å². The molecule has 1 saturated heterocycles. The Labute approximate surface area is 152 Å². The smallest absolute Gasteiger partial charge is 0.305 e. The van der Waals surface area contributed by atoms with E-state index >= 15 is 0 Å². The van der Waals surface area contributed by atoms with Gasteiger partial charge in [-0.25, -0.2) is 4.98 Å². The zero-order valence-corrected chi connectivity index (χ0v) is 14.3. The summed E-state index contributed by atoms with van der Waals surface area (Å²) in [7, 11) is 0. The number of carbonyl (C=O) groups is 2. The summed E-state index contributed by atoms with van der Waals surface area (Å²) in [5, 5.41) is 21.9. The van der Waals surface area contributed by atoms with Gasteiger partial charge in [0, 0.05) is 29.6 Å². The fraction of sp³-hybridized carbons (Fsp3) is 0.312. The summed E-state index contributed by atoms with van der Waals surface area (Å²) < 4.78 is 5.27. The average Bonchev–Trinajstić information content (AvgIpc) is 3.11. The number of hydrogen-bond acceptors (Lipinski definition) is 7. The summed E-state index contributed by atoms with van der Waals surface area (Å²) in [6.07, 6.45) is -0.189. The predicted octanol–water partition coefficient (Wildman–Crippen LogP) is 2.03. The minimum atomic E-state index is -0.997.